The zero-order valence-electron chi connectivity index (χ0n) is 15.9. The van der Waals surface area contributed by atoms with E-state index >= 15 is 0 Å². The summed E-state index contributed by atoms with van der Waals surface area (Å²) in [5, 5.41) is 8.60. The lowest BCUT2D eigenvalue weighted by Crippen LogP contribution is -2.30. The van der Waals surface area contributed by atoms with Crippen LogP contribution in [-0.2, 0) is 19.1 Å². The van der Waals surface area contributed by atoms with E-state index in [9.17, 15) is 9.59 Å². The van der Waals surface area contributed by atoms with Gasteiger partial charge >= 0.3 is 11.9 Å². The topological polar surface area (TPSA) is 72.8 Å². The fourth-order valence-electron chi connectivity index (χ4n) is 2.01. The first-order chi connectivity index (χ1) is 11.9. The number of unbranched alkanes of at least 4 members (excludes halogenated alkanes) is 3. The third-order valence-corrected chi connectivity index (χ3v) is 3.58. The van der Waals surface area contributed by atoms with Crippen LogP contribution in [0.25, 0.3) is 0 Å². The van der Waals surface area contributed by atoms with Crippen molar-refractivity contribution in [2.24, 2.45) is 0 Å². The van der Waals surface area contributed by atoms with Gasteiger partial charge in [-0.3, -0.25) is 0 Å². The summed E-state index contributed by atoms with van der Waals surface area (Å²) >= 11 is 0. The van der Waals surface area contributed by atoms with E-state index < -0.39 is 17.7 Å². The maximum atomic E-state index is 11.8. The maximum absolute atomic E-state index is 11.8. The normalized spacial score (nSPS) is 14.6. The largest absolute Gasteiger partial charge is 0.478 e. The van der Waals surface area contributed by atoms with Crippen LogP contribution in [0.4, 0.5) is 0 Å². The van der Waals surface area contributed by atoms with Gasteiger partial charge in [-0.15, -0.1) is 0 Å². The molecule has 0 aliphatic carbocycles. The number of allylic oxidation sites excluding steroid dienone is 2. The maximum Gasteiger partial charge on any atom is 0.334 e. The molecule has 5 heteroatoms. The molecule has 0 amide bonds. The summed E-state index contributed by atoms with van der Waals surface area (Å²) in [5.74, 6) is -3.23. The Bertz CT molecular complexity index is 490. The fraction of sp³-hybridized carbons (Fsp3) is 0.600. The van der Waals surface area contributed by atoms with Crippen molar-refractivity contribution in [3.05, 3.63) is 36.1 Å². The number of rotatable bonds is 13. The standard InChI is InChI=1S/C20H32O5/c1-5-8-10-11-15-20(4,25-19(23)14-13-18(21)22)24-16-17(7-3)12-9-6-2/h11,13-16H,5-10,12H2,1-4H3,(H,21,22). The van der Waals surface area contributed by atoms with E-state index in [1.165, 1.54) is 0 Å². The molecule has 0 heterocycles. The molecule has 5 nitrogen and oxygen atoms in total. The summed E-state index contributed by atoms with van der Waals surface area (Å²) in [6, 6.07) is 0. The Balaban J connectivity index is 5.10. The average Bonchev–Trinajstić information content (AvgIpc) is 2.57. The van der Waals surface area contributed by atoms with E-state index in [4.69, 9.17) is 14.6 Å². The molecule has 142 valence electrons. The molecular formula is C20H32O5. The highest BCUT2D eigenvalue weighted by Crippen LogP contribution is 2.20. The van der Waals surface area contributed by atoms with E-state index in [1.807, 2.05) is 6.08 Å². The van der Waals surface area contributed by atoms with E-state index in [0.717, 1.165) is 62.7 Å². The van der Waals surface area contributed by atoms with Crippen LogP contribution in [0.1, 0.15) is 72.6 Å². The lowest BCUT2D eigenvalue weighted by atomic mass is 10.1. The van der Waals surface area contributed by atoms with E-state index in [-0.39, 0.29) is 0 Å². The average molecular weight is 352 g/mol. The van der Waals surface area contributed by atoms with Gasteiger partial charge in [0.2, 0.25) is 0 Å². The molecule has 0 bridgehead atoms. The summed E-state index contributed by atoms with van der Waals surface area (Å²) in [4.78, 5) is 22.3. The summed E-state index contributed by atoms with van der Waals surface area (Å²) in [6.45, 7) is 7.93. The quantitative estimate of drug-likeness (QED) is 0.124. The van der Waals surface area contributed by atoms with Crippen LogP contribution in [0.3, 0.4) is 0 Å². The minimum atomic E-state index is -1.26. The molecule has 0 aromatic carbocycles. The number of ether oxygens (including phenoxy) is 2. The van der Waals surface area contributed by atoms with Gasteiger partial charge in [0.1, 0.15) is 0 Å². The third-order valence-electron chi connectivity index (χ3n) is 3.58. The van der Waals surface area contributed by atoms with E-state index in [0.29, 0.717) is 0 Å². The molecule has 25 heavy (non-hydrogen) atoms. The molecule has 0 saturated carbocycles. The number of carbonyl (C=O) groups excluding carboxylic acids is 1. The Morgan fingerprint density at radius 1 is 1.08 bits per heavy atom. The molecule has 0 spiro atoms. The van der Waals surface area contributed by atoms with Crippen molar-refractivity contribution in [3.63, 3.8) is 0 Å². The number of esters is 1. The summed E-state index contributed by atoms with van der Waals surface area (Å²) < 4.78 is 11.1. The first-order valence-corrected chi connectivity index (χ1v) is 9.04. The van der Waals surface area contributed by atoms with Crippen molar-refractivity contribution >= 4 is 11.9 Å². The van der Waals surface area contributed by atoms with Crippen molar-refractivity contribution in [1.29, 1.82) is 0 Å². The van der Waals surface area contributed by atoms with Gasteiger partial charge in [-0.2, -0.15) is 0 Å². The van der Waals surface area contributed by atoms with Gasteiger partial charge in [-0.1, -0.05) is 46.1 Å². The van der Waals surface area contributed by atoms with Gasteiger partial charge in [0.25, 0.3) is 5.79 Å². The van der Waals surface area contributed by atoms with Gasteiger partial charge in [0.05, 0.1) is 6.26 Å². The van der Waals surface area contributed by atoms with E-state index in [2.05, 4.69) is 20.8 Å². The fourth-order valence-corrected chi connectivity index (χ4v) is 2.01. The lowest BCUT2D eigenvalue weighted by Gasteiger charge is -2.25. The van der Waals surface area contributed by atoms with Crippen molar-refractivity contribution < 1.29 is 24.2 Å². The van der Waals surface area contributed by atoms with Crippen molar-refractivity contribution in [3.8, 4) is 0 Å². The molecule has 0 aromatic heterocycles. The first kappa shape index (κ1) is 23.0. The number of carboxylic acid groups (broad SMARTS) is 1. The molecule has 0 rings (SSSR count). The Morgan fingerprint density at radius 2 is 1.76 bits per heavy atom. The summed E-state index contributed by atoms with van der Waals surface area (Å²) in [7, 11) is 0. The van der Waals surface area contributed by atoms with Crippen LogP contribution in [-0.4, -0.2) is 22.8 Å². The molecule has 1 atom stereocenters. The van der Waals surface area contributed by atoms with Gasteiger partial charge in [0.15, 0.2) is 0 Å². The predicted octanol–water partition coefficient (Wildman–Crippen LogP) is 5.13. The zero-order valence-corrected chi connectivity index (χ0v) is 15.9. The highest BCUT2D eigenvalue weighted by atomic mass is 16.7. The molecule has 0 aromatic rings. The van der Waals surface area contributed by atoms with Gasteiger partial charge in [-0.05, 0) is 37.3 Å². The Morgan fingerprint density at radius 3 is 2.32 bits per heavy atom. The van der Waals surface area contributed by atoms with Crippen molar-refractivity contribution in [1.82, 2.24) is 0 Å². The van der Waals surface area contributed by atoms with Crippen molar-refractivity contribution in [2.45, 2.75) is 78.4 Å². The monoisotopic (exact) mass is 352 g/mol. The minimum absolute atomic E-state index is 0.748. The van der Waals surface area contributed by atoms with E-state index in [1.54, 1.807) is 19.3 Å². The number of hydrogen-bond acceptors (Lipinski definition) is 4. The predicted molar refractivity (Wildman–Crippen MR) is 98.9 cm³/mol. The van der Waals surface area contributed by atoms with Crippen LogP contribution in [0.5, 0.6) is 0 Å². The molecule has 0 radical (unpaired) electrons. The Kier molecular flexibility index (Phi) is 12.2. The molecule has 0 saturated heterocycles. The minimum Gasteiger partial charge on any atom is -0.478 e. The molecule has 0 aliphatic heterocycles. The van der Waals surface area contributed by atoms with Gasteiger partial charge < -0.3 is 14.6 Å². The second-order valence-electron chi connectivity index (χ2n) is 6.00. The molecule has 0 fully saturated rings. The molecule has 0 aliphatic rings. The summed E-state index contributed by atoms with van der Waals surface area (Å²) in [5.41, 5.74) is 1.15. The second kappa shape index (κ2) is 13.3. The number of aliphatic carboxylic acids is 1. The smallest absolute Gasteiger partial charge is 0.334 e. The molecule has 1 unspecified atom stereocenters. The number of carbonyl (C=O) groups is 2. The van der Waals surface area contributed by atoms with Gasteiger partial charge in [-0.25, -0.2) is 9.59 Å². The molecule has 1 N–H and O–H groups in total. The highest BCUT2D eigenvalue weighted by molar-refractivity contribution is 5.90. The first-order valence-electron chi connectivity index (χ1n) is 9.04. The van der Waals surface area contributed by atoms with Crippen LogP contribution >= 0.6 is 0 Å². The lowest BCUT2D eigenvalue weighted by molar-refractivity contribution is -0.181. The van der Waals surface area contributed by atoms with Crippen LogP contribution in [0.15, 0.2) is 36.1 Å². The molecular weight excluding hydrogens is 320 g/mol. The number of hydrogen-bond donors (Lipinski definition) is 1. The zero-order chi connectivity index (χ0) is 19.1. The van der Waals surface area contributed by atoms with Gasteiger partial charge in [0, 0.05) is 19.1 Å². The highest BCUT2D eigenvalue weighted by Gasteiger charge is 2.26. The Labute approximate surface area is 151 Å². The Hall–Kier alpha value is -2.04. The van der Waals surface area contributed by atoms with Crippen molar-refractivity contribution in [2.75, 3.05) is 0 Å². The number of carboxylic acids is 1. The SMILES string of the molecule is CCCCC=CC(C)(OC=C(CC)CCCC)OC(=O)C=CC(=O)O. The van der Waals surface area contributed by atoms with Crippen LogP contribution in [0.2, 0.25) is 0 Å². The second-order valence-corrected chi connectivity index (χ2v) is 6.00. The van der Waals surface area contributed by atoms with Crippen LogP contribution < -0.4 is 0 Å². The third kappa shape index (κ3) is 12.0. The van der Waals surface area contributed by atoms with Crippen LogP contribution in [0, 0.1) is 0 Å². The summed E-state index contributed by atoms with van der Waals surface area (Å²) in [6.07, 6.45) is 13.9.